The summed E-state index contributed by atoms with van der Waals surface area (Å²) < 4.78 is 4.10. The van der Waals surface area contributed by atoms with E-state index in [1.807, 2.05) is 0 Å². The molecule has 0 spiro atoms. The first-order valence-electron chi connectivity index (χ1n) is 8.01. The van der Waals surface area contributed by atoms with Gasteiger partial charge in [-0.1, -0.05) is 58.9 Å². The van der Waals surface area contributed by atoms with Crippen molar-refractivity contribution in [1.82, 2.24) is 0 Å². The predicted octanol–water partition coefficient (Wildman–Crippen LogP) is 4.93. The molecule has 21 heavy (non-hydrogen) atoms. The zero-order valence-corrected chi connectivity index (χ0v) is 14.5. The molecule has 2 nitrogen and oxygen atoms in total. The second kappa shape index (κ2) is 7.95. The van der Waals surface area contributed by atoms with Crippen LogP contribution in [0.25, 0.3) is 0 Å². The molecule has 1 aromatic carbocycles. The van der Waals surface area contributed by atoms with E-state index in [-0.39, 0.29) is 6.79 Å². The van der Waals surface area contributed by atoms with E-state index in [1.54, 1.807) is 5.56 Å². The van der Waals surface area contributed by atoms with Gasteiger partial charge in [0.15, 0.2) is 0 Å². The highest BCUT2D eigenvalue weighted by Gasteiger charge is 2.29. The Hall–Kier alpha value is -0.860. The average molecular weight is 292 g/mol. The lowest BCUT2D eigenvalue weighted by atomic mass is 9.70. The maximum Gasteiger partial charge on any atom is 0.143 e. The molecule has 0 saturated heterocycles. The van der Waals surface area contributed by atoms with Crippen LogP contribution in [0, 0.1) is 11.3 Å². The number of aliphatic hydroxyl groups is 1. The van der Waals surface area contributed by atoms with Crippen LogP contribution in [0.2, 0.25) is 0 Å². The van der Waals surface area contributed by atoms with E-state index >= 15 is 0 Å². The third-order valence-electron chi connectivity index (χ3n) is 4.07. The van der Waals surface area contributed by atoms with Crippen LogP contribution >= 0.6 is 0 Å². The smallest absolute Gasteiger partial charge is 0.143 e. The second-order valence-electron chi connectivity index (χ2n) is 7.45. The molecular weight excluding hydrogens is 260 g/mol. The molecule has 2 heteroatoms. The highest BCUT2D eigenvalue weighted by molar-refractivity contribution is 5.31. The van der Waals surface area contributed by atoms with Gasteiger partial charge in [0.05, 0.1) is 0 Å². The summed E-state index contributed by atoms with van der Waals surface area (Å²) in [6, 6.07) is 9.44. The van der Waals surface area contributed by atoms with Gasteiger partial charge in [0.25, 0.3) is 0 Å². The largest absolute Gasteiger partial charge is 0.371 e. The molecular formula is C19H32O2. The predicted molar refractivity (Wildman–Crippen MR) is 89.5 cm³/mol. The first-order chi connectivity index (χ1) is 9.81. The number of hydrogen-bond donors (Lipinski definition) is 1. The van der Waals surface area contributed by atoms with Crippen molar-refractivity contribution >= 4 is 0 Å². The van der Waals surface area contributed by atoms with E-state index in [1.165, 1.54) is 25.5 Å². The Kier molecular flexibility index (Phi) is 6.89. The molecule has 0 bridgehead atoms. The zero-order valence-electron chi connectivity index (χ0n) is 14.5. The van der Waals surface area contributed by atoms with E-state index in [0.29, 0.717) is 17.3 Å². The third kappa shape index (κ3) is 5.80. The van der Waals surface area contributed by atoms with E-state index in [2.05, 4.69) is 63.6 Å². The van der Waals surface area contributed by atoms with Crippen LogP contribution in [0.15, 0.2) is 24.3 Å². The van der Waals surface area contributed by atoms with Gasteiger partial charge in [-0.25, -0.2) is 0 Å². The maximum atomic E-state index is 7.65. The number of hydrogen-bond acceptors (Lipinski definition) is 2. The van der Waals surface area contributed by atoms with Crippen LogP contribution in [0.5, 0.6) is 0 Å². The summed E-state index contributed by atoms with van der Waals surface area (Å²) in [6.07, 6.45) is 2.79. The van der Waals surface area contributed by atoms with Crippen molar-refractivity contribution in [1.29, 1.82) is 0 Å². The Balaban J connectivity index is 0.000000491. The molecule has 1 unspecified atom stereocenters. The van der Waals surface area contributed by atoms with E-state index in [0.717, 1.165) is 5.92 Å². The Morgan fingerprint density at radius 1 is 1.14 bits per heavy atom. The Labute approximate surface area is 130 Å². The molecule has 1 saturated carbocycles. The number of ether oxygens (including phenoxy) is 1. The van der Waals surface area contributed by atoms with Gasteiger partial charge in [-0.15, -0.1) is 0 Å². The molecule has 1 N–H and O–H groups in total. The minimum Gasteiger partial charge on any atom is -0.371 e. The fraction of sp³-hybridized carbons (Fsp3) is 0.684. The SMILES string of the molecule is CC(C)C(c1ccc(C2CC2)cc1)C(C)(C)C.COCO. The van der Waals surface area contributed by atoms with E-state index < -0.39 is 0 Å². The third-order valence-corrected chi connectivity index (χ3v) is 4.07. The molecule has 1 aliphatic carbocycles. The highest BCUT2D eigenvalue weighted by Crippen LogP contribution is 2.43. The Bertz CT molecular complexity index is 395. The van der Waals surface area contributed by atoms with Gasteiger partial charge in [0.1, 0.15) is 6.79 Å². The second-order valence-corrected chi connectivity index (χ2v) is 7.45. The highest BCUT2D eigenvalue weighted by atomic mass is 16.6. The molecule has 0 aromatic heterocycles. The summed E-state index contributed by atoms with van der Waals surface area (Å²) >= 11 is 0. The fourth-order valence-electron chi connectivity index (χ4n) is 3.28. The summed E-state index contributed by atoms with van der Waals surface area (Å²) in [4.78, 5) is 0. The molecule has 0 aliphatic heterocycles. The van der Waals surface area contributed by atoms with Crippen LogP contribution in [-0.4, -0.2) is 19.0 Å². The van der Waals surface area contributed by atoms with Gasteiger partial charge in [-0.3, -0.25) is 0 Å². The monoisotopic (exact) mass is 292 g/mol. The van der Waals surface area contributed by atoms with Gasteiger partial charge < -0.3 is 9.84 Å². The first kappa shape index (κ1) is 18.2. The average Bonchev–Trinajstić information content (AvgIpc) is 3.22. The van der Waals surface area contributed by atoms with Crippen molar-refractivity contribution < 1.29 is 9.84 Å². The van der Waals surface area contributed by atoms with E-state index in [4.69, 9.17) is 5.11 Å². The summed E-state index contributed by atoms with van der Waals surface area (Å²) in [7, 11) is 1.43. The number of aliphatic hydroxyl groups excluding tert-OH is 1. The minimum absolute atomic E-state index is 0.181. The van der Waals surface area contributed by atoms with Crippen molar-refractivity contribution in [3.05, 3.63) is 35.4 Å². The summed E-state index contributed by atoms with van der Waals surface area (Å²) in [5, 5.41) is 7.65. The fourth-order valence-corrected chi connectivity index (χ4v) is 3.28. The first-order valence-corrected chi connectivity index (χ1v) is 8.01. The topological polar surface area (TPSA) is 29.5 Å². The van der Waals surface area contributed by atoms with Gasteiger partial charge in [-0.2, -0.15) is 0 Å². The molecule has 1 aliphatic rings. The molecule has 1 atom stereocenters. The van der Waals surface area contributed by atoms with Crippen LogP contribution in [-0.2, 0) is 4.74 Å². The molecule has 1 fully saturated rings. The van der Waals surface area contributed by atoms with E-state index in [9.17, 15) is 0 Å². The zero-order chi connectivity index (χ0) is 16.0. The van der Waals surface area contributed by atoms with Crippen LogP contribution in [0.3, 0.4) is 0 Å². The molecule has 0 heterocycles. The lowest BCUT2D eigenvalue weighted by molar-refractivity contribution is 0.0325. The summed E-state index contributed by atoms with van der Waals surface area (Å²) in [6.45, 7) is 11.6. The molecule has 120 valence electrons. The Morgan fingerprint density at radius 3 is 1.90 bits per heavy atom. The molecule has 0 radical (unpaired) electrons. The maximum absolute atomic E-state index is 7.65. The van der Waals surface area contributed by atoms with Gasteiger partial charge >= 0.3 is 0 Å². The van der Waals surface area contributed by atoms with Gasteiger partial charge in [0.2, 0.25) is 0 Å². The standard InChI is InChI=1S/C17H26.C2H6O2/c1-12(2)16(17(3,4)5)15-10-8-14(9-11-15)13-6-7-13;1-4-2-3/h8-13,16H,6-7H2,1-5H3;3H,2H2,1H3. The number of methoxy groups -OCH3 is 1. The molecule has 1 aromatic rings. The van der Waals surface area contributed by atoms with Crippen molar-refractivity contribution in [3.63, 3.8) is 0 Å². The lowest BCUT2D eigenvalue weighted by Gasteiger charge is -2.34. The van der Waals surface area contributed by atoms with Crippen molar-refractivity contribution in [2.24, 2.45) is 11.3 Å². The lowest BCUT2D eigenvalue weighted by Crippen LogP contribution is -2.23. The number of benzene rings is 1. The molecule has 2 rings (SSSR count). The summed E-state index contributed by atoms with van der Waals surface area (Å²) in [5.41, 5.74) is 3.40. The summed E-state index contributed by atoms with van der Waals surface area (Å²) in [5.74, 6) is 2.22. The van der Waals surface area contributed by atoms with Crippen molar-refractivity contribution in [3.8, 4) is 0 Å². The van der Waals surface area contributed by atoms with Gasteiger partial charge in [-0.05, 0) is 47.1 Å². The molecule has 0 amide bonds. The van der Waals surface area contributed by atoms with Crippen LogP contribution < -0.4 is 0 Å². The normalized spacial score (nSPS) is 16.4. The number of rotatable bonds is 4. The van der Waals surface area contributed by atoms with Gasteiger partial charge in [0, 0.05) is 7.11 Å². The van der Waals surface area contributed by atoms with Crippen LogP contribution in [0.1, 0.15) is 70.4 Å². The van der Waals surface area contributed by atoms with Crippen molar-refractivity contribution in [2.45, 2.75) is 59.3 Å². The minimum atomic E-state index is -0.181. The Morgan fingerprint density at radius 2 is 1.62 bits per heavy atom. The quantitative estimate of drug-likeness (QED) is 0.797. The van der Waals surface area contributed by atoms with Crippen molar-refractivity contribution in [2.75, 3.05) is 13.9 Å². The van der Waals surface area contributed by atoms with Crippen LogP contribution in [0.4, 0.5) is 0 Å².